The first-order valence-corrected chi connectivity index (χ1v) is 9.05. The molecule has 2 aromatic rings. The van der Waals surface area contributed by atoms with Crippen LogP contribution < -0.4 is 4.90 Å². The van der Waals surface area contributed by atoms with Crippen LogP contribution >= 0.6 is 27.3 Å². The number of aromatic nitrogens is 1. The fourth-order valence-corrected chi connectivity index (χ4v) is 3.95. The molecular formula is C16H18BrN3O2S. The van der Waals surface area contributed by atoms with Gasteiger partial charge < -0.3 is 14.9 Å². The van der Waals surface area contributed by atoms with E-state index in [9.17, 15) is 9.90 Å². The third-order valence-electron chi connectivity index (χ3n) is 3.89. The molecule has 23 heavy (non-hydrogen) atoms. The van der Waals surface area contributed by atoms with E-state index in [0.717, 1.165) is 51.9 Å². The average Bonchev–Trinajstić information content (AvgIpc) is 2.92. The van der Waals surface area contributed by atoms with Gasteiger partial charge in [0.25, 0.3) is 0 Å². The second-order valence-corrected chi connectivity index (χ2v) is 7.61. The number of nitrogens with zero attached hydrogens (tertiary/aromatic N) is 3. The van der Waals surface area contributed by atoms with E-state index in [1.54, 1.807) is 0 Å². The molecule has 0 amide bonds. The number of halogens is 1. The lowest BCUT2D eigenvalue weighted by Crippen LogP contribution is -2.44. The zero-order valence-corrected chi connectivity index (χ0v) is 15.2. The van der Waals surface area contributed by atoms with Crippen molar-refractivity contribution in [2.75, 3.05) is 38.1 Å². The summed E-state index contributed by atoms with van der Waals surface area (Å²) in [5.74, 6) is -0.822. The van der Waals surface area contributed by atoms with Gasteiger partial charge in [0.2, 0.25) is 0 Å². The summed E-state index contributed by atoms with van der Waals surface area (Å²) in [4.78, 5) is 21.3. The third kappa shape index (κ3) is 3.91. The summed E-state index contributed by atoms with van der Waals surface area (Å²) < 4.78 is 0.996. The first-order chi connectivity index (χ1) is 11.0. The maximum absolute atomic E-state index is 11.2. The Hall–Kier alpha value is -1.44. The number of carbonyl (C=O) groups is 1. The van der Waals surface area contributed by atoms with Crippen LogP contribution in [0.5, 0.6) is 0 Å². The van der Waals surface area contributed by atoms with E-state index in [1.807, 2.05) is 24.3 Å². The molecule has 0 saturated carbocycles. The summed E-state index contributed by atoms with van der Waals surface area (Å²) in [5.41, 5.74) is 1.75. The Morgan fingerprint density at radius 2 is 1.91 bits per heavy atom. The normalized spacial score (nSPS) is 15.8. The highest BCUT2D eigenvalue weighted by Gasteiger charge is 2.21. The molecule has 0 radical (unpaired) electrons. The predicted octanol–water partition coefficient (Wildman–Crippen LogP) is 2.95. The molecule has 1 aliphatic heterocycles. The molecule has 1 aromatic carbocycles. The van der Waals surface area contributed by atoms with Crippen molar-refractivity contribution < 1.29 is 9.90 Å². The molecule has 1 saturated heterocycles. The number of carboxylic acids is 1. The van der Waals surface area contributed by atoms with Gasteiger partial charge in [-0.15, -0.1) is 11.3 Å². The Morgan fingerprint density at radius 3 is 2.52 bits per heavy atom. The molecule has 0 aliphatic carbocycles. The molecule has 1 fully saturated rings. The van der Waals surface area contributed by atoms with Gasteiger partial charge in [0.05, 0.1) is 12.1 Å². The van der Waals surface area contributed by atoms with E-state index in [4.69, 9.17) is 4.98 Å². The van der Waals surface area contributed by atoms with Crippen molar-refractivity contribution in [3.05, 3.63) is 33.6 Å². The molecule has 1 aliphatic rings. The van der Waals surface area contributed by atoms with Crippen LogP contribution in [0.4, 0.5) is 5.13 Å². The molecule has 3 rings (SSSR count). The number of hydrogen-bond acceptors (Lipinski definition) is 5. The largest absolute Gasteiger partial charge is 0.481 e. The first-order valence-electron chi connectivity index (χ1n) is 7.44. The Kier molecular flexibility index (Phi) is 4.99. The summed E-state index contributed by atoms with van der Waals surface area (Å²) in [6.07, 6.45) is 0.0107. The summed E-state index contributed by atoms with van der Waals surface area (Å²) in [6, 6.07) is 7.85. The molecule has 122 valence electrons. The lowest BCUT2D eigenvalue weighted by atomic mass is 10.1. The summed E-state index contributed by atoms with van der Waals surface area (Å²) in [7, 11) is 2.11. The van der Waals surface area contributed by atoms with Gasteiger partial charge in [0.15, 0.2) is 5.13 Å². The molecule has 0 unspecified atom stereocenters. The number of rotatable bonds is 4. The smallest absolute Gasteiger partial charge is 0.308 e. The topological polar surface area (TPSA) is 56.7 Å². The molecule has 0 bridgehead atoms. The van der Waals surface area contributed by atoms with Crippen molar-refractivity contribution in [1.29, 1.82) is 0 Å². The predicted molar refractivity (Wildman–Crippen MR) is 96.3 cm³/mol. The van der Waals surface area contributed by atoms with Gasteiger partial charge >= 0.3 is 5.97 Å². The Labute approximate surface area is 147 Å². The molecule has 7 heteroatoms. The van der Waals surface area contributed by atoms with Crippen LogP contribution in [0.1, 0.15) is 4.88 Å². The molecule has 0 spiro atoms. The van der Waals surface area contributed by atoms with Crippen molar-refractivity contribution in [2.45, 2.75) is 6.42 Å². The van der Waals surface area contributed by atoms with Gasteiger partial charge in [0, 0.05) is 41.1 Å². The van der Waals surface area contributed by atoms with Crippen molar-refractivity contribution in [2.24, 2.45) is 0 Å². The van der Waals surface area contributed by atoms with Crippen LogP contribution in [-0.4, -0.2) is 54.2 Å². The van der Waals surface area contributed by atoms with Crippen LogP contribution in [0.15, 0.2) is 28.7 Å². The lowest BCUT2D eigenvalue weighted by Gasteiger charge is -2.32. The highest BCUT2D eigenvalue weighted by atomic mass is 79.9. The first kappa shape index (κ1) is 16.4. The van der Waals surface area contributed by atoms with Gasteiger partial charge in [-0.3, -0.25) is 4.79 Å². The van der Waals surface area contributed by atoms with Gasteiger partial charge in [-0.25, -0.2) is 4.98 Å². The van der Waals surface area contributed by atoms with E-state index in [2.05, 4.69) is 32.8 Å². The number of aliphatic carboxylic acids is 1. The second kappa shape index (κ2) is 6.98. The molecular weight excluding hydrogens is 378 g/mol. The summed E-state index contributed by atoms with van der Waals surface area (Å²) >= 11 is 4.92. The van der Waals surface area contributed by atoms with Crippen LogP contribution in [0.3, 0.4) is 0 Å². The lowest BCUT2D eigenvalue weighted by molar-refractivity contribution is -0.136. The van der Waals surface area contributed by atoms with E-state index in [-0.39, 0.29) is 6.42 Å². The minimum atomic E-state index is -0.822. The van der Waals surface area contributed by atoms with E-state index >= 15 is 0 Å². The average molecular weight is 396 g/mol. The van der Waals surface area contributed by atoms with Crippen LogP contribution in [0.25, 0.3) is 11.3 Å². The quantitative estimate of drug-likeness (QED) is 0.861. The Balaban J connectivity index is 1.93. The monoisotopic (exact) mass is 395 g/mol. The maximum Gasteiger partial charge on any atom is 0.308 e. The summed E-state index contributed by atoms with van der Waals surface area (Å²) in [5, 5.41) is 10.1. The van der Waals surface area contributed by atoms with E-state index in [1.165, 1.54) is 11.3 Å². The van der Waals surface area contributed by atoms with Crippen LogP contribution in [0.2, 0.25) is 0 Å². The highest BCUT2D eigenvalue weighted by Crippen LogP contribution is 2.34. The van der Waals surface area contributed by atoms with Crippen molar-refractivity contribution in [1.82, 2.24) is 9.88 Å². The minimum Gasteiger partial charge on any atom is -0.481 e. The number of thiazole rings is 1. The van der Waals surface area contributed by atoms with Gasteiger partial charge in [-0.05, 0) is 19.2 Å². The Bertz CT molecular complexity index is 694. The number of piperazine rings is 1. The SMILES string of the molecule is CN1CCN(c2nc(-c3ccc(Br)cc3)c(CC(=O)O)s2)CC1. The van der Waals surface area contributed by atoms with Crippen molar-refractivity contribution >= 4 is 38.4 Å². The van der Waals surface area contributed by atoms with E-state index in [0.29, 0.717) is 0 Å². The van der Waals surface area contributed by atoms with Gasteiger partial charge in [-0.2, -0.15) is 0 Å². The van der Waals surface area contributed by atoms with Crippen LogP contribution in [-0.2, 0) is 11.2 Å². The second-order valence-electron chi connectivity index (χ2n) is 5.64. The number of anilines is 1. The number of hydrogen-bond donors (Lipinski definition) is 1. The molecule has 1 aromatic heterocycles. The molecule has 5 nitrogen and oxygen atoms in total. The molecule has 0 atom stereocenters. The van der Waals surface area contributed by atoms with Gasteiger partial charge in [0.1, 0.15) is 0 Å². The number of carboxylic acid groups (broad SMARTS) is 1. The maximum atomic E-state index is 11.2. The van der Waals surface area contributed by atoms with E-state index < -0.39 is 5.97 Å². The zero-order valence-electron chi connectivity index (χ0n) is 12.8. The third-order valence-corrected chi connectivity index (χ3v) is 5.53. The minimum absolute atomic E-state index is 0.0107. The highest BCUT2D eigenvalue weighted by molar-refractivity contribution is 9.10. The Morgan fingerprint density at radius 1 is 1.26 bits per heavy atom. The van der Waals surface area contributed by atoms with Crippen LogP contribution in [0, 0.1) is 0 Å². The van der Waals surface area contributed by atoms with Crippen molar-refractivity contribution in [3.8, 4) is 11.3 Å². The molecule has 2 heterocycles. The van der Waals surface area contributed by atoms with Crippen molar-refractivity contribution in [3.63, 3.8) is 0 Å². The number of benzene rings is 1. The fraction of sp³-hybridized carbons (Fsp3) is 0.375. The number of likely N-dealkylation sites (N-methyl/N-ethyl adjacent to an activating group) is 1. The van der Waals surface area contributed by atoms with Gasteiger partial charge in [-0.1, -0.05) is 28.1 Å². The molecule has 1 N–H and O–H groups in total. The summed E-state index contributed by atoms with van der Waals surface area (Å²) in [6.45, 7) is 3.86. The standard InChI is InChI=1S/C16H18BrN3O2S/c1-19-6-8-20(9-7-19)16-18-15(13(23-16)10-14(21)22)11-2-4-12(17)5-3-11/h2-5H,6-10H2,1H3,(H,21,22). The zero-order chi connectivity index (χ0) is 16.4. The fourth-order valence-electron chi connectivity index (χ4n) is 2.56.